The predicted molar refractivity (Wildman–Crippen MR) is 215 cm³/mol. The van der Waals surface area contributed by atoms with Gasteiger partial charge in [-0.25, -0.2) is 8.78 Å². The molecule has 20 heteroatoms. The summed E-state index contributed by atoms with van der Waals surface area (Å²) in [7, 11) is -4.88. The van der Waals surface area contributed by atoms with Gasteiger partial charge in [0.15, 0.2) is 6.29 Å². The number of aliphatic hydroxyl groups excluding tert-OH is 8. The maximum Gasteiger partial charge on any atom is 0.311 e. The molecular weight excluding hydrogens is 857 g/mol. The first kappa shape index (κ1) is 46.3. The zero-order chi connectivity index (χ0) is 45.3. The number of amides is 1. The molecule has 0 aliphatic carbocycles. The highest BCUT2D eigenvalue weighted by atomic mass is 32.2. The largest absolute Gasteiger partial charge is 0.508 e. The molecule has 13 atom stereocenters. The second-order valence-corrected chi connectivity index (χ2v) is 17.3. The van der Waals surface area contributed by atoms with E-state index >= 15 is 0 Å². The average molecular weight is 904 g/mol. The van der Waals surface area contributed by atoms with Crippen molar-refractivity contribution in [2.45, 2.75) is 86.2 Å². The lowest BCUT2D eigenvalue weighted by Crippen LogP contribution is -2.65. The van der Waals surface area contributed by atoms with Crippen LogP contribution in [-0.2, 0) is 29.1 Å². The molecule has 63 heavy (non-hydrogen) atoms. The smallest absolute Gasteiger partial charge is 0.311 e. The minimum atomic E-state index is -4.88. The van der Waals surface area contributed by atoms with E-state index < -0.39 is 126 Å². The lowest BCUT2D eigenvalue weighted by molar-refractivity contribution is -0.341. The summed E-state index contributed by atoms with van der Waals surface area (Å²) in [6, 6.07) is 19.7. The topological polar surface area (TPSA) is 273 Å². The molecule has 7 rings (SSSR count). The third-order valence-electron chi connectivity index (χ3n) is 11.5. The van der Waals surface area contributed by atoms with Gasteiger partial charge in [-0.05, 0) is 84.1 Å². The molecule has 0 spiro atoms. The van der Waals surface area contributed by atoms with Crippen LogP contribution in [-0.4, -0.2) is 140 Å². The van der Waals surface area contributed by atoms with Crippen LogP contribution in [0.4, 0.5) is 14.5 Å². The van der Waals surface area contributed by atoms with Crippen molar-refractivity contribution < 1.29 is 86.3 Å². The molecule has 3 fully saturated rings. The zero-order valence-electron chi connectivity index (χ0n) is 33.2. The Balaban J connectivity index is 1.18. The van der Waals surface area contributed by atoms with E-state index in [0.717, 1.165) is 12.1 Å². The molecule has 340 valence electrons. The van der Waals surface area contributed by atoms with Crippen LogP contribution in [0.3, 0.4) is 0 Å². The number of aromatic hydroxyl groups is 1. The Labute approximate surface area is 359 Å². The van der Waals surface area contributed by atoms with Crippen molar-refractivity contribution in [1.29, 1.82) is 0 Å². The van der Waals surface area contributed by atoms with Gasteiger partial charge in [0.1, 0.15) is 83.8 Å². The van der Waals surface area contributed by atoms with Crippen molar-refractivity contribution >= 4 is 21.7 Å². The average Bonchev–Trinajstić information content (AvgIpc) is 3.26. The number of phenols is 1. The number of aliphatic hydroxyl groups is 8. The number of carbonyl (C=O) groups is 1. The first-order valence-electron chi connectivity index (χ1n) is 20.0. The molecule has 9 N–H and O–H groups in total. The van der Waals surface area contributed by atoms with Crippen LogP contribution < -0.4 is 9.08 Å². The molecule has 4 aromatic rings. The van der Waals surface area contributed by atoms with Crippen molar-refractivity contribution in [2.75, 3.05) is 23.9 Å². The summed E-state index contributed by atoms with van der Waals surface area (Å²) in [6.07, 6.45) is -18.9. The highest BCUT2D eigenvalue weighted by molar-refractivity contribution is 7.87. The Hall–Kier alpha value is -4.68. The van der Waals surface area contributed by atoms with E-state index in [4.69, 9.17) is 18.4 Å². The number of phenolic OH excluding ortho intramolecular Hbond substituents is 1. The maximum atomic E-state index is 14.1. The van der Waals surface area contributed by atoms with Crippen LogP contribution in [0.5, 0.6) is 11.5 Å². The first-order valence-corrected chi connectivity index (χ1v) is 21.5. The lowest BCUT2D eigenvalue weighted by atomic mass is 9.77. The Morgan fingerprint density at radius 2 is 1.37 bits per heavy atom. The number of halogens is 2. The van der Waals surface area contributed by atoms with Crippen LogP contribution >= 0.6 is 0 Å². The number of anilines is 1. The van der Waals surface area contributed by atoms with Crippen molar-refractivity contribution in [1.82, 2.24) is 0 Å². The van der Waals surface area contributed by atoms with Crippen LogP contribution in [0.25, 0.3) is 11.1 Å². The minimum Gasteiger partial charge on any atom is -0.508 e. The van der Waals surface area contributed by atoms with Gasteiger partial charge in [-0.1, -0.05) is 36.4 Å². The van der Waals surface area contributed by atoms with E-state index in [2.05, 4.69) is 0 Å². The van der Waals surface area contributed by atoms with Gasteiger partial charge in [0.05, 0.1) is 31.3 Å². The molecule has 0 radical (unpaired) electrons. The molecule has 3 saturated heterocycles. The summed E-state index contributed by atoms with van der Waals surface area (Å²) in [5.41, 5.74) is 1.61. The van der Waals surface area contributed by atoms with Crippen LogP contribution in [0.1, 0.15) is 36.1 Å². The molecule has 12 unspecified atom stereocenters. The molecule has 0 aromatic heterocycles. The summed E-state index contributed by atoms with van der Waals surface area (Å²) in [5, 5.41) is 94.1. The van der Waals surface area contributed by atoms with E-state index in [-0.39, 0.29) is 35.6 Å². The summed E-state index contributed by atoms with van der Waals surface area (Å²) >= 11 is 0. The van der Waals surface area contributed by atoms with Gasteiger partial charge in [0, 0.05) is 11.3 Å². The molecule has 3 heterocycles. The summed E-state index contributed by atoms with van der Waals surface area (Å²) in [4.78, 5) is 15.2. The van der Waals surface area contributed by atoms with Gasteiger partial charge in [-0.15, -0.1) is 0 Å². The molecule has 3 aliphatic rings. The fourth-order valence-electron chi connectivity index (χ4n) is 8.16. The van der Waals surface area contributed by atoms with Gasteiger partial charge >= 0.3 is 10.1 Å². The number of carbonyl (C=O) groups excluding carboxylic acids is 1. The summed E-state index contributed by atoms with van der Waals surface area (Å²) < 4.78 is 78.2. The monoisotopic (exact) mass is 903 g/mol. The summed E-state index contributed by atoms with van der Waals surface area (Å²) in [6.45, 7) is -1.73. The Morgan fingerprint density at radius 3 is 2.02 bits per heavy atom. The Bertz CT molecular complexity index is 2320. The van der Waals surface area contributed by atoms with Crippen LogP contribution in [0.15, 0.2) is 91.0 Å². The highest BCUT2D eigenvalue weighted by Crippen LogP contribution is 2.50. The standard InChI is InChI=1S/C43H47F2NO16S/c44-24-7-4-21(5-8-24)30(50)15-14-29-35(46(42(29)56)26-11-9-25(45)10-12-26)28-13-6-23(22-2-1-3-27(49)16-22)17-31(28)62-63(57,58)20-34-37(52)39(54)41(33(19-48)59-34)61-43-40(55)38(53)36(51)32(18-47)60-43/h1-13,16-17,29-30,32-41,43,47-55H,14-15,18-20H2/t29-,30?,32?,33?,34?,35?,36?,37?,38?,39?,40?,41?,43?/m1/s1. The van der Waals surface area contributed by atoms with E-state index in [1.807, 2.05) is 0 Å². The quantitative estimate of drug-likeness (QED) is 0.0593. The third kappa shape index (κ3) is 9.87. The van der Waals surface area contributed by atoms with Gasteiger partial charge in [0.2, 0.25) is 5.91 Å². The molecule has 0 saturated carbocycles. The molecule has 0 bridgehead atoms. The van der Waals surface area contributed by atoms with Gasteiger partial charge in [0.25, 0.3) is 0 Å². The normalized spacial score (nSPS) is 30.4. The molecular formula is C43H47F2NO16S. The fourth-order valence-corrected chi connectivity index (χ4v) is 9.32. The van der Waals surface area contributed by atoms with E-state index in [0.29, 0.717) is 16.7 Å². The van der Waals surface area contributed by atoms with Crippen LogP contribution in [0.2, 0.25) is 0 Å². The number of hydrogen-bond donors (Lipinski definition) is 9. The molecule has 17 nitrogen and oxygen atoms in total. The Morgan fingerprint density at radius 1 is 0.730 bits per heavy atom. The van der Waals surface area contributed by atoms with Crippen molar-refractivity contribution in [2.24, 2.45) is 5.92 Å². The highest BCUT2D eigenvalue weighted by Gasteiger charge is 2.52. The molecule has 1 amide bonds. The SMILES string of the molecule is O=C1[C@H](CCC(O)c2ccc(F)cc2)C(c2ccc(-c3cccc(O)c3)cc2OS(=O)(=O)CC2OC(CO)C(OC3OC(CO)C(O)C(O)C3O)C(O)C2O)N1c1ccc(F)cc1. The number of ether oxygens (including phenoxy) is 3. The van der Waals surface area contributed by atoms with E-state index in [9.17, 15) is 68.0 Å². The van der Waals surface area contributed by atoms with E-state index in [1.54, 1.807) is 18.2 Å². The second-order valence-electron chi connectivity index (χ2n) is 15.7. The summed E-state index contributed by atoms with van der Waals surface area (Å²) in [5.74, 6) is -3.97. The van der Waals surface area contributed by atoms with Crippen molar-refractivity contribution in [3.63, 3.8) is 0 Å². The maximum absolute atomic E-state index is 14.1. The first-order chi connectivity index (χ1) is 30.0. The number of β-lactam (4-membered cyclic amide) rings is 1. The van der Waals surface area contributed by atoms with Crippen LogP contribution in [0, 0.1) is 17.6 Å². The molecule has 4 aromatic carbocycles. The fraction of sp³-hybridized carbons (Fsp3) is 0.419. The van der Waals surface area contributed by atoms with Gasteiger partial charge in [-0.2, -0.15) is 8.42 Å². The van der Waals surface area contributed by atoms with E-state index in [1.165, 1.54) is 65.6 Å². The van der Waals surface area contributed by atoms with Gasteiger partial charge in [-0.3, -0.25) is 4.79 Å². The van der Waals surface area contributed by atoms with Crippen molar-refractivity contribution in [3.05, 3.63) is 114 Å². The van der Waals surface area contributed by atoms with Crippen molar-refractivity contribution in [3.8, 4) is 22.6 Å². The Kier molecular flexibility index (Phi) is 14.1. The van der Waals surface area contributed by atoms with Gasteiger partial charge < -0.3 is 69.3 Å². The second kappa shape index (κ2) is 19.2. The number of nitrogens with zero attached hydrogens (tertiary/aromatic N) is 1. The predicted octanol–water partition coefficient (Wildman–Crippen LogP) is 0.930. The number of benzene rings is 4. The zero-order valence-corrected chi connectivity index (χ0v) is 34.0. The number of hydrogen-bond acceptors (Lipinski definition) is 16. The molecule has 3 aliphatic heterocycles. The lowest BCUT2D eigenvalue weighted by Gasteiger charge is -2.48. The number of rotatable bonds is 15. The minimum absolute atomic E-state index is 0.0258. The third-order valence-corrected chi connectivity index (χ3v) is 12.7.